The van der Waals surface area contributed by atoms with Gasteiger partial charge in [0.2, 0.25) is 5.91 Å². The quantitative estimate of drug-likeness (QED) is 0.761. The Morgan fingerprint density at radius 2 is 1.88 bits per heavy atom. The number of hydrogen-bond donors (Lipinski definition) is 1. The Kier molecular flexibility index (Phi) is 3.07. The molecule has 2 fully saturated rings. The maximum Gasteiger partial charge on any atom is 0.523 e. The topological polar surface area (TPSA) is 41.6 Å². The SMILES string of the molecule is O=C(COC(F)(F)F)N1C2CCC1CNC2. The van der Waals surface area contributed by atoms with Crippen LogP contribution in [0.4, 0.5) is 13.2 Å². The first kappa shape index (κ1) is 11.7. The molecule has 2 saturated heterocycles. The molecule has 2 bridgehead atoms. The van der Waals surface area contributed by atoms with Crippen LogP contribution in [0.1, 0.15) is 12.8 Å². The van der Waals surface area contributed by atoms with Gasteiger partial charge in [0.1, 0.15) is 6.61 Å². The normalized spacial score (nSPS) is 29.6. The maximum absolute atomic E-state index is 11.8. The zero-order valence-electron chi connectivity index (χ0n) is 8.59. The molecule has 0 aromatic rings. The Labute approximate surface area is 90.7 Å². The van der Waals surface area contributed by atoms with Crippen molar-refractivity contribution in [1.82, 2.24) is 10.2 Å². The van der Waals surface area contributed by atoms with Crippen LogP contribution >= 0.6 is 0 Å². The number of halogens is 3. The molecule has 0 radical (unpaired) electrons. The first-order valence-corrected chi connectivity index (χ1v) is 5.20. The number of rotatable bonds is 2. The van der Waals surface area contributed by atoms with Gasteiger partial charge >= 0.3 is 6.36 Å². The van der Waals surface area contributed by atoms with E-state index in [1.165, 1.54) is 0 Å². The predicted molar refractivity (Wildman–Crippen MR) is 48.5 cm³/mol. The summed E-state index contributed by atoms with van der Waals surface area (Å²) < 4.78 is 38.9. The van der Waals surface area contributed by atoms with Gasteiger partial charge in [-0.1, -0.05) is 0 Å². The van der Waals surface area contributed by atoms with Crippen molar-refractivity contribution in [2.45, 2.75) is 31.3 Å². The number of nitrogens with zero attached hydrogens (tertiary/aromatic N) is 1. The third-order valence-corrected chi connectivity index (χ3v) is 3.03. The highest BCUT2D eigenvalue weighted by molar-refractivity contribution is 5.78. The van der Waals surface area contributed by atoms with Gasteiger partial charge in [-0.05, 0) is 12.8 Å². The van der Waals surface area contributed by atoms with Crippen LogP contribution < -0.4 is 5.32 Å². The molecule has 0 saturated carbocycles. The fourth-order valence-electron chi connectivity index (χ4n) is 2.40. The van der Waals surface area contributed by atoms with Gasteiger partial charge < -0.3 is 10.2 Å². The lowest BCUT2D eigenvalue weighted by Crippen LogP contribution is -2.55. The highest BCUT2D eigenvalue weighted by Crippen LogP contribution is 2.27. The minimum Gasteiger partial charge on any atom is -0.332 e. The van der Waals surface area contributed by atoms with E-state index in [1.807, 2.05) is 0 Å². The molecule has 2 unspecified atom stereocenters. The van der Waals surface area contributed by atoms with E-state index >= 15 is 0 Å². The standard InChI is InChI=1S/C9H13F3N2O2/c10-9(11,12)16-5-8(15)14-6-1-2-7(14)4-13-3-6/h6-7,13H,1-5H2. The van der Waals surface area contributed by atoms with Crippen LogP contribution in [0.3, 0.4) is 0 Å². The molecule has 1 N–H and O–H groups in total. The van der Waals surface area contributed by atoms with Crippen LogP contribution in [0.5, 0.6) is 0 Å². The lowest BCUT2D eigenvalue weighted by atomic mass is 10.2. The first-order valence-electron chi connectivity index (χ1n) is 5.20. The summed E-state index contributed by atoms with van der Waals surface area (Å²) in [7, 11) is 0. The summed E-state index contributed by atoms with van der Waals surface area (Å²) in [5.41, 5.74) is 0. The Morgan fingerprint density at radius 3 is 2.38 bits per heavy atom. The molecule has 0 aliphatic carbocycles. The third kappa shape index (κ3) is 2.46. The molecule has 2 rings (SSSR count). The lowest BCUT2D eigenvalue weighted by molar-refractivity contribution is -0.322. The van der Waals surface area contributed by atoms with E-state index in [0.717, 1.165) is 12.8 Å². The fourth-order valence-corrected chi connectivity index (χ4v) is 2.40. The van der Waals surface area contributed by atoms with Gasteiger partial charge in [0, 0.05) is 25.2 Å². The average Bonchev–Trinajstić information content (AvgIpc) is 2.44. The highest BCUT2D eigenvalue weighted by atomic mass is 19.4. The van der Waals surface area contributed by atoms with Crippen molar-refractivity contribution in [2.75, 3.05) is 19.7 Å². The number of hydrogen-bond acceptors (Lipinski definition) is 3. The van der Waals surface area contributed by atoms with Crippen LogP contribution in [-0.4, -0.2) is 48.9 Å². The number of amides is 1. The number of fused-ring (bicyclic) bond motifs is 2. The summed E-state index contributed by atoms with van der Waals surface area (Å²) in [6.45, 7) is 0.416. The predicted octanol–water partition coefficient (Wildman–Crippen LogP) is 0.486. The summed E-state index contributed by atoms with van der Waals surface area (Å²) >= 11 is 0. The molecular formula is C9H13F3N2O2. The van der Waals surface area contributed by atoms with Crippen molar-refractivity contribution in [3.05, 3.63) is 0 Å². The van der Waals surface area contributed by atoms with Gasteiger partial charge in [-0.15, -0.1) is 13.2 Å². The molecule has 2 heterocycles. The van der Waals surface area contributed by atoms with E-state index in [2.05, 4.69) is 10.1 Å². The van der Waals surface area contributed by atoms with E-state index in [1.54, 1.807) is 4.90 Å². The first-order chi connectivity index (χ1) is 7.47. The maximum atomic E-state index is 11.8. The van der Waals surface area contributed by atoms with Gasteiger partial charge in [0.15, 0.2) is 0 Å². The summed E-state index contributed by atoms with van der Waals surface area (Å²) in [5.74, 6) is -0.564. The largest absolute Gasteiger partial charge is 0.523 e. The summed E-state index contributed by atoms with van der Waals surface area (Å²) in [4.78, 5) is 13.1. The third-order valence-electron chi connectivity index (χ3n) is 3.03. The molecule has 0 aromatic heterocycles. The van der Waals surface area contributed by atoms with Crippen LogP contribution in [0.25, 0.3) is 0 Å². The monoisotopic (exact) mass is 238 g/mol. The molecule has 0 spiro atoms. The molecule has 2 aliphatic rings. The second kappa shape index (κ2) is 4.21. The molecule has 4 nitrogen and oxygen atoms in total. The van der Waals surface area contributed by atoms with Gasteiger partial charge in [0.05, 0.1) is 0 Å². The van der Waals surface area contributed by atoms with Gasteiger partial charge in [-0.25, -0.2) is 0 Å². The van der Waals surface area contributed by atoms with Crippen molar-refractivity contribution in [2.24, 2.45) is 0 Å². The molecule has 2 aliphatic heterocycles. The van der Waals surface area contributed by atoms with Crippen LogP contribution in [0.15, 0.2) is 0 Å². The number of ether oxygens (including phenoxy) is 1. The Bertz CT molecular complexity index is 266. The number of piperazine rings is 1. The Balaban J connectivity index is 1.90. The Morgan fingerprint density at radius 1 is 1.31 bits per heavy atom. The highest BCUT2D eigenvalue weighted by Gasteiger charge is 2.40. The van der Waals surface area contributed by atoms with Crippen molar-refractivity contribution in [3.63, 3.8) is 0 Å². The molecule has 1 amide bonds. The Hall–Kier alpha value is -0.820. The van der Waals surface area contributed by atoms with Crippen molar-refractivity contribution < 1.29 is 22.7 Å². The van der Waals surface area contributed by atoms with Crippen LogP contribution in [0.2, 0.25) is 0 Å². The summed E-state index contributed by atoms with van der Waals surface area (Å²) in [5, 5.41) is 3.15. The second-order valence-electron chi connectivity index (χ2n) is 4.08. The molecule has 7 heteroatoms. The number of carbonyl (C=O) groups excluding carboxylic acids is 1. The van der Waals surface area contributed by atoms with Crippen molar-refractivity contribution >= 4 is 5.91 Å². The van der Waals surface area contributed by atoms with E-state index in [0.29, 0.717) is 13.1 Å². The lowest BCUT2D eigenvalue weighted by Gasteiger charge is -2.35. The number of alkyl halides is 3. The van der Waals surface area contributed by atoms with E-state index < -0.39 is 18.9 Å². The fraction of sp³-hybridized carbons (Fsp3) is 0.889. The summed E-state index contributed by atoms with van der Waals surface area (Å²) in [6.07, 6.45) is -3.02. The zero-order valence-corrected chi connectivity index (χ0v) is 8.59. The smallest absolute Gasteiger partial charge is 0.332 e. The van der Waals surface area contributed by atoms with Crippen molar-refractivity contribution in [1.29, 1.82) is 0 Å². The zero-order chi connectivity index (χ0) is 11.8. The molecule has 16 heavy (non-hydrogen) atoms. The number of carbonyl (C=O) groups is 1. The van der Waals surface area contributed by atoms with Gasteiger partial charge in [0.25, 0.3) is 0 Å². The van der Waals surface area contributed by atoms with Crippen LogP contribution in [0, 0.1) is 0 Å². The van der Waals surface area contributed by atoms with E-state index in [9.17, 15) is 18.0 Å². The van der Waals surface area contributed by atoms with Gasteiger partial charge in [-0.3, -0.25) is 9.53 Å². The van der Waals surface area contributed by atoms with E-state index in [-0.39, 0.29) is 12.1 Å². The second-order valence-corrected chi connectivity index (χ2v) is 4.08. The molecule has 92 valence electrons. The van der Waals surface area contributed by atoms with Crippen LogP contribution in [-0.2, 0) is 9.53 Å². The van der Waals surface area contributed by atoms with Gasteiger partial charge in [-0.2, -0.15) is 0 Å². The average molecular weight is 238 g/mol. The minimum atomic E-state index is -4.73. The molecular weight excluding hydrogens is 225 g/mol. The van der Waals surface area contributed by atoms with E-state index in [4.69, 9.17) is 0 Å². The minimum absolute atomic E-state index is 0.0306. The molecule has 0 aromatic carbocycles. The number of nitrogens with one attached hydrogen (secondary N) is 1. The summed E-state index contributed by atoms with van der Waals surface area (Å²) in [6, 6.07) is 0.0613. The van der Waals surface area contributed by atoms with Crippen molar-refractivity contribution in [3.8, 4) is 0 Å². The molecule has 2 atom stereocenters.